The lowest BCUT2D eigenvalue weighted by Gasteiger charge is -2.17. The van der Waals surface area contributed by atoms with Crippen LogP contribution in [-0.2, 0) is 6.42 Å². The average Bonchev–Trinajstić information content (AvgIpc) is 2.99. The Morgan fingerprint density at radius 1 is 1.36 bits per heavy atom. The number of halogens is 3. The van der Waals surface area contributed by atoms with Gasteiger partial charge in [0.15, 0.2) is 5.96 Å². The number of rotatable bonds is 7. The molecule has 2 heterocycles. The molecule has 1 fully saturated rings. The number of likely N-dealkylation sites (tertiary alicyclic amines) is 1. The van der Waals surface area contributed by atoms with E-state index in [1.807, 2.05) is 25.1 Å². The van der Waals surface area contributed by atoms with E-state index in [-0.39, 0.29) is 5.92 Å². The van der Waals surface area contributed by atoms with Crippen LogP contribution >= 0.6 is 0 Å². The van der Waals surface area contributed by atoms with Crippen LogP contribution < -0.4 is 10.6 Å². The molecule has 1 aromatic heterocycles. The molecule has 0 aromatic carbocycles. The Hall–Kier alpha value is -1.83. The lowest BCUT2D eigenvalue weighted by Crippen LogP contribution is -2.39. The third kappa shape index (κ3) is 7.72. The highest BCUT2D eigenvalue weighted by atomic mass is 19.4. The van der Waals surface area contributed by atoms with Crippen LogP contribution in [0.2, 0.25) is 0 Å². The van der Waals surface area contributed by atoms with Gasteiger partial charge in [-0.05, 0) is 37.9 Å². The van der Waals surface area contributed by atoms with Gasteiger partial charge in [-0.2, -0.15) is 13.2 Å². The lowest BCUT2D eigenvalue weighted by molar-refractivity contribution is -0.143. The fraction of sp³-hybridized carbons (Fsp3) is 0.647. The van der Waals surface area contributed by atoms with Gasteiger partial charge < -0.3 is 10.6 Å². The summed E-state index contributed by atoms with van der Waals surface area (Å²) in [5.41, 5.74) is 1.00. The van der Waals surface area contributed by atoms with Crippen LogP contribution in [0.3, 0.4) is 0 Å². The number of alkyl halides is 3. The largest absolute Gasteiger partial charge is 0.401 e. The average molecular weight is 357 g/mol. The smallest absolute Gasteiger partial charge is 0.357 e. The number of hydrogen-bond acceptors (Lipinski definition) is 3. The van der Waals surface area contributed by atoms with Crippen molar-refractivity contribution >= 4 is 5.96 Å². The minimum Gasteiger partial charge on any atom is -0.357 e. The van der Waals surface area contributed by atoms with Crippen molar-refractivity contribution in [3.05, 3.63) is 30.1 Å². The van der Waals surface area contributed by atoms with E-state index >= 15 is 0 Å². The first kappa shape index (κ1) is 19.5. The molecule has 1 saturated heterocycles. The summed E-state index contributed by atoms with van der Waals surface area (Å²) in [5, 5.41) is 6.42. The Kier molecular flexibility index (Phi) is 7.49. The van der Waals surface area contributed by atoms with Gasteiger partial charge in [-0.15, -0.1) is 0 Å². The summed E-state index contributed by atoms with van der Waals surface area (Å²) < 4.78 is 37.3. The molecule has 1 atom stereocenters. The first-order valence-corrected chi connectivity index (χ1v) is 8.67. The van der Waals surface area contributed by atoms with Crippen molar-refractivity contribution in [3.8, 4) is 0 Å². The quantitative estimate of drug-likeness (QED) is 0.579. The lowest BCUT2D eigenvalue weighted by atomic mass is 10.1. The van der Waals surface area contributed by atoms with Crippen molar-refractivity contribution in [1.82, 2.24) is 20.5 Å². The highest BCUT2D eigenvalue weighted by Crippen LogP contribution is 2.22. The van der Waals surface area contributed by atoms with Crippen LogP contribution in [0.4, 0.5) is 13.2 Å². The Bertz CT molecular complexity index is 533. The molecule has 0 spiro atoms. The van der Waals surface area contributed by atoms with E-state index in [1.165, 1.54) is 4.90 Å². The molecule has 140 valence electrons. The van der Waals surface area contributed by atoms with Crippen LogP contribution in [0.5, 0.6) is 0 Å². The first-order valence-electron chi connectivity index (χ1n) is 8.67. The third-order valence-electron chi connectivity index (χ3n) is 4.02. The highest BCUT2D eigenvalue weighted by Gasteiger charge is 2.34. The fourth-order valence-corrected chi connectivity index (χ4v) is 2.88. The summed E-state index contributed by atoms with van der Waals surface area (Å²) in [4.78, 5) is 10.3. The molecule has 1 unspecified atom stereocenters. The molecule has 0 saturated carbocycles. The number of pyridine rings is 1. The summed E-state index contributed by atoms with van der Waals surface area (Å²) in [6, 6.07) is 5.81. The predicted octanol–water partition coefficient (Wildman–Crippen LogP) is 2.06. The predicted molar refractivity (Wildman–Crippen MR) is 92.5 cm³/mol. The van der Waals surface area contributed by atoms with Crippen LogP contribution in [-0.4, -0.2) is 61.3 Å². The zero-order valence-corrected chi connectivity index (χ0v) is 14.5. The van der Waals surface area contributed by atoms with Crippen LogP contribution in [0.25, 0.3) is 0 Å². The second kappa shape index (κ2) is 9.60. The molecule has 8 heteroatoms. The second-order valence-electron chi connectivity index (χ2n) is 6.22. The highest BCUT2D eigenvalue weighted by molar-refractivity contribution is 5.79. The fourth-order valence-electron chi connectivity index (χ4n) is 2.88. The van der Waals surface area contributed by atoms with Crippen LogP contribution in [0.15, 0.2) is 29.4 Å². The maximum atomic E-state index is 12.4. The molecule has 0 bridgehead atoms. The molecular weight excluding hydrogens is 331 g/mol. The van der Waals surface area contributed by atoms with Crippen molar-refractivity contribution in [2.45, 2.75) is 25.9 Å². The van der Waals surface area contributed by atoms with Gasteiger partial charge in [0, 0.05) is 44.5 Å². The van der Waals surface area contributed by atoms with Gasteiger partial charge in [0.25, 0.3) is 0 Å². The number of aromatic nitrogens is 1. The minimum atomic E-state index is -4.12. The Morgan fingerprint density at radius 2 is 2.20 bits per heavy atom. The van der Waals surface area contributed by atoms with Crippen LogP contribution in [0, 0.1) is 5.92 Å². The van der Waals surface area contributed by atoms with E-state index in [0.717, 1.165) is 25.1 Å². The second-order valence-corrected chi connectivity index (χ2v) is 6.22. The van der Waals surface area contributed by atoms with E-state index in [4.69, 9.17) is 0 Å². The standard InChI is InChI=1S/C17H26F3N5/c1-2-21-16(23-9-6-15-5-3-4-8-22-15)24-11-14-7-10-25(12-14)13-17(18,19)20/h3-5,8,14H,2,6-7,9-13H2,1H3,(H2,21,23,24). The molecule has 1 aliphatic heterocycles. The van der Waals surface area contributed by atoms with Gasteiger partial charge in [0.1, 0.15) is 0 Å². The monoisotopic (exact) mass is 357 g/mol. The molecule has 1 aliphatic rings. The van der Waals surface area contributed by atoms with Gasteiger partial charge in [0.2, 0.25) is 0 Å². The SMILES string of the molecule is CCNC(=NCC1CCN(CC(F)(F)F)C1)NCCc1ccccn1. The Morgan fingerprint density at radius 3 is 2.88 bits per heavy atom. The van der Waals surface area contributed by atoms with Gasteiger partial charge in [0.05, 0.1) is 6.54 Å². The zero-order chi connectivity index (χ0) is 18.1. The van der Waals surface area contributed by atoms with Crippen molar-refractivity contribution in [3.63, 3.8) is 0 Å². The van der Waals surface area contributed by atoms with E-state index in [9.17, 15) is 13.2 Å². The Labute approximate surface area is 146 Å². The van der Waals surface area contributed by atoms with E-state index < -0.39 is 12.7 Å². The summed E-state index contributed by atoms with van der Waals surface area (Å²) in [6.45, 7) is 4.08. The molecular formula is C17H26F3N5. The molecule has 0 radical (unpaired) electrons. The molecule has 0 aliphatic carbocycles. The number of aliphatic imine (C=N–C) groups is 1. The Balaban J connectivity index is 1.75. The van der Waals surface area contributed by atoms with E-state index in [2.05, 4.69) is 20.6 Å². The van der Waals surface area contributed by atoms with Gasteiger partial charge in [-0.1, -0.05) is 6.07 Å². The summed E-state index contributed by atoms with van der Waals surface area (Å²) in [6.07, 6.45) is -0.817. The van der Waals surface area contributed by atoms with Crippen molar-refractivity contribution in [2.24, 2.45) is 10.9 Å². The molecule has 2 N–H and O–H groups in total. The minimum absolute atomic E-state index is 0.175. The molecule has 2 rings (SSSR count). The third-order valence-corrected chi connectivity index (χ3v) is 4.02. The first-order chi connectivity index (χ1) is 12.0. The topological polar surface area (TPSA) is 52.6 Å². The summed E-state index contributed by atoms with van der Waals surface area (Å²) in [5.74, 6) is 0.876. The molecule has 25 heavy (non-hydrogen) atoms. The maximum absolute atomic E-state index is 12.4. The number of nitrogens with zero attached hydrogens (tertiary/aromatic N) is 3. The maximum Gasteiger partial charge on any atom is 0.401 e. The van der Waals surface area contributed by atoms with Gasteiger partial charge in [-0.25, -0.2) is 0 Å². The summed E-state index contributed by atoms with van der Waals surface area (Å²) in [7, 11) is 0. The normalized spacial score (nSPS) is 19.2. The molecule has 1 aromatic rings. The zero-order valence-electron chi connectivity index (χ0n) is 14.5. The van der Waals surface area contributed by atoms with Crippen LogP contribution in [0.1, 0.15) is 19.0 Å². The molecule has 0 amide bonds. The number of nitrogens with one attached hydrogen (secondary N) is 2. The number of hydrogen-bond donors (Lipinski definition) is 2. The van der Waals surface area contributed by atoms with Gasteiger partial charge in [-0.3, -0.25) is 14.9 Å². The van der Waals surface area contributed by atoms with E-state index in [0.29, 0.717) is 32.1 Å². The number of guanidine groups is 1. The van der Waals surface area contributed by atoms with Gasteiger partial charge >= 0.3 is 6.18 Å². The van der Waals surface area contributed by atoms with Crippen molar-refractivity contribution < 1.29 is 13.2 Å². The van der Waals surface area contributed by atoms with E-state index in [1.54, 1.807) is 6.20 Å². The van der Waals surface area contributed by atoms with Crippen molar-refractivity contribution in [2.75, 3.05) is 39.3 Å². The van der Waals surface area contributed by atoms with Crippen molar-refractivity contribution in [1.29, 1.82) is 0 Å². The molecule has 5 nitrogen and oxygen atoms in total. The summed E-state index contributed by atoms with van der Waals surface area (Å²) >= 11 is 0.